The van der Waals surface area contributed by atoms with Crippen molar-refractivity contribution in [2.45, 2.75) is 32.1 Å². The predicted molar refractivity (Wildman–Crippen MR) is 87.7 cm³/mol. The number of nitrogens with zero attached hydrogens (tertiary/aromatic N) is 1. The number of hydrogen-bond acceptors (Lipinski definition) is 3. The van der Waals surface area contributed by atoms with Gasteiger partial charge < -0.3 is 14.7 Å². The van der Waals surface area contributed by atoms with Crippen molar-refractivity contribution in [1.29, 1.82) is 0 Å². The molecule has 0 saturated carbocycles. The van der Waals surface area contributed by atoms with Crippen LogP contribution in [0.15, 0.2) is 18.2 Å². The van der Waals surface area contributed by atoms with Crippen molar-refractivity contribution in [3.05, 3.63) is 29.0 Å². The summed E-state index contributed by atoms with van der Waals surface area (Å²) in [5.41, 5.74) is 0. The van der Waals surface area contributed by atoms with E-state index in [0.29, 0.717) is 25.3 Å². The number of hydrogen-bond donors (Lipinski definition) is 1. The van der Waals surface area contributed by atoms with E-state index >= 15 is 0 Å². The lowest BCUT2D eigenvalue weighted by molar-refractivity contribution is -0.137. The number of likely N-dealkylation sites (tertiary alicyclic amines) is 1. The maximum Gasteiger partial charge on any atom is 0.303 e. The third-order valence-corrected chi connectivity index (χ3v) is 4.40. The molecule has 0 radical (unpaired) electrons. The number of carboxylic acids is 1. The zero-order valence-electron chi connectivity index (χ0n) is 13.3. The van der Waals surface area contributed by atoms with Crippen LogP contribution in [0, 0.1) is 11.7 Å². The molecule has 1 aromatic carbocycles. The van der Waals surface area contributed by atoms with Gasteiger partial charge in [-0.3, -0.25) is 9.59 Å². The molecule has 0 aromatic heterocycles. The van der Waals surface area contributed by atoms with Gasteiger partial charge in [-0.15, -0.1) is 0 Å². The van der Waals surface area contributed by atoms with Crippen LogP contribution in [0.2, 0.25) is 5.02 Å². The van der Waals surface area contributed by atoms with E-state index in [1.54, 1.807) is 4.90 Å². The molecular formula is C17H21ClFNO4. The molecule has 1 aliphatic rings. The van der Waals surface area contributed by atoms with Crippen molar-refractivity contribution >= 4 is 23.5 Å². The summed E-state index contributed by atoms with van der Waals surface area (Å²) in [5, 5.41) is 8.93. The Kier molecular flexibility index (Phi) is 6.85. The first kappa shape index (κ1) is 18.5. The highest BCUT2D eigenvalue weighted by molar-refractivity contribution is 6.32. The van der Waals surface area contributed by atoms with Crippen LogP contribution in [0.1, 0.15) is 32.1 Å². The molecule has 7 heteroatoms. The van der Waals surface area contributed by atoms with Gasteiger partial charge in [-0.05, 0) is 43.4 Å². The van der Waals surface area contributed by atoms with E-state index in [9.17, 15) is 14.0 Å². The Morgan fingerprint density at radius 1 is 1.38 bits per heavy atom. The number of aliphatic carboxylic acids is 1. The van der Waals surface area contributed by atoms with E-state index in [2.05, 4.69) is 0 Å². The Bertz CT molecular complexity index is 596. The third-order valence-electron chi connectivity index (χ3n) is 4.11. The fourth-order valence-electron chi connectivity index (χ4n) is 2.85. The fraction of sp³-hybridized carbons (Fsp3) is 0.529. The summed E-state index contributed by atoms with van der Waals surface area (Å²) in [6.07, 6.45) is 2.79. The Balaban J connectivity index is 1.76. The molecule has 1 N–H and O–H groups in total. The van der Waals surface area contributed by atoms with Gasteiger partial charge in [0.2, 0.25) is 5.91 Å². The molecule has 1 fully saturated rings. The number of amides is 1. The van der Waals surface area contributed by atoms with E-state index < -0.39 is 11.8 Å². The summed E-state index contributed by atoms with van der Waals surface area (Å²) in [6, 6.07) is 3.85. The molecule has 0 aliphatic carbocycles. The molecule has 5 nitrogen and oxygen atoms in total. The number of benzene rings is 1. The van der Waals surface area contributed by atoms with Crippen LogP contribution in [-0.4, -0.2) is 41.6 Å². The molecule has 1 saturated heterocycles. The summed E-state index contributed by atoms with van der Waals surface area (Å²) >= 11 is 5.86. The largest absolute Gasteiger partial charge is 0.491 e. The number of carboxylic acid groups (broad SMARTS) is 1. The van der Waals surface area contributed by atoms with Crippen molar-refractivity contribution in [3.8, 4) is 5.75 Å². The van der Waals surface area contributed by atoms with Crippen LogP contribution in [0.5, 0.6) is 5.75 Å². The maximum absolute atomic E-state index is 13.0. The van der Waals surface area contributed by atoms with Crippen LogP contribution in [0.25, 0.3) is 0 Å². The quantitative estimate of drug-likeness (QED) is 0.812. The smallest absolute Gasteiger partial charge is 0.303 e. The van der Waals surface area contributed by atoms with Gasteiger partial charge in [-0.1, -0.05) is 11.6 Å². The molecule has 1 heterocycles. The number of rotatable bonds is 7. The molecular weight excluding hydrogens is 337 g/mol. The second-order valence-electron chi connectivity index (χ2n) is 5.95. The van der Waals surface area contributed by atoms with E-state index in [1.807, 2.05) is 0 Å². The normalized spacial score (nSPS) is 17.6. The molecule has 24 heavy (non-hydrogen) atoms. The summed E-state index contributed by atoms with van der Waals surface area (Å²) < 4.78 is 18.4. The van der Waals surface area contributed by atoms with Gasteiger partial charge >= 0.3 is 5.97 Å². The second-order valence-corrected chi connectivity index (χ2v) is 6.36. The Labute approximate surface area is 145 Å². The maximum atomic E-state index is 13.0. The number of piperidine rings is 1. The monoisotopic (exact) mass is 357 g/mol. The Hall–Kier alpha value is -1.82. The van der Waals surface area contributed by atoms with Crippen molar-refractivity contribution in [3.63, 3.8) is 0 Å². The average Bonchev–Trinajstić information content (AvgIpc) is 2.55. The van der Waals surface area contributed by atoms with Gasteiger partial charge in [0.15, 0.2) is 0 Å². The Morgan fingerprint density at radius 2 is 2.17 bits per heavy atom. The van der Waals surface area contributed by atoms with Crippen LogP contribution in [0.4, 0.5) is 4.39 Å². The minimum atomic E-state index is -0.803. The highest BCUT2D eigenvalue weighted by Crippen LogP contribution is 2.25. The van der Waals surface area contributed by atoms with E-state index in [1.165, 1.54) is 12.1 Å². The molecule has 0 spiro atoms. The third kappa shape index (κ3) is 5.67. The molecule has 0 unspecified atom stereocenters. The Morgan fingerprint density at radius 3 is 2.88 bits per heavy atom. The van der Waals surface area contributed by atoms with E-state index in [4.69, 9.17) is 21.4 Å². The lowest BCUT2D eigenvalue weighted by Crippen LogP contribution is -2.40. The molecule has 132 valence electrons. The van der Waals surface area contributed by atoms with Crippen molar-refractivity contribution in [2.75, 3.05) is 19.7 Å². The second kappa shape index (κ2) is 8.87. The fourth-order valence-corrected chi connectivity index (χ4v) is 3.08. The highest BCUT2D eigenvalue weighted by Gasteiger charge is 2.23. The molecule has 0 bridgehead atoms. The van der Waals surface area contributed by atoms with Crippen LogP contribution < -0.4 is 4.74 Å². The summed E-state index contributed by atoms with van der Waals surface area (Å²) in [7, 11) is 0. The zero-order valence-corrected chi connectivity index (χ0v) is 14.1. The van der Waals surface area contributed by atoms with Gasteiger partial charge in [-0.2, -0.15) is 0 Å². The molecule has 1 amide bonds. The molecule has 1 aliphatic heterocycles. The van der Waals surface area contributed by atoms with Crippen molar-refractivity contribution < 1.29 is 23.8 Å². The zero-order chi connectivity index (χ0) is 17.5. The van der Waals surface area contributed by atoms with Gasteiger partial charge in [0.1, 0.15) is 11.6 Å². The summed E-state index contributed by atoms with van der Waals surface area (Å²) in [6.45, 7) is 1.46. The van der Waals surface area contributed by atoms with E-state index in [0.717, 1.165) is 18.9 Å². The van der Waals surface area contributed by atoms with Gasteiger partial charge in [0.25, 0.3) is 0 Å². The van der Waals surface area contributed by atoms with Crippen molar-refractivity contribution in [2.24, 2.45) is 5.92 Å². The number of carbonyl (C=O) groups is 2. The van der Waals surface area contributed by atoms with Gasteiger partial charge in [-0.25, -0.2) is 4.39 Å². The van der Waals surface area contributed by atoms with Gasteiger partial charge in [0, 0.05) is 19.5 Å². The standard InChI is InChI=1S/C17H21ClFNO4/c18-14-10-13(19)4-5-15(14)24-9-7-16(21)20-8-1-2-12(11-20)3-6-17(22)23/h4-5,10,12H,1-3,6-9,11H2,(H,22,23)/t12-/m1/s1. The topological polar surface area (TPSA) is 66.8 Å². The molecule has 1 atom stereocenters. The van der Waals surface area contributed by atoms with Crippen molar-refractivity contribution in [1.82, 2.24) is 4.90 Å². The predicted octanol–water partition coefficient (Wildman–Crippen LogP) is 3.35. The highest BCUT2D eigenvalue weighted by atomic mass is 35.5. The van der Waals surface area contributed by atoms with E-state index in [-0.39, 0.29) is 36.3 Å². The average molecular weight is 358 g/mol. The molecule has 1 aromatic rings. The van der Waals surface area contributed by atoms with Crippen LogP contribution >= 0.6 is 11.6 Å². The summed E-state index contributed by atoms with van der Waals surface area (Å²) in [5.74, 6) is -0.671. The first-order valence-electron chi connectivity index (χ1n) is 8.03. The lowest BCUT2D eigenvalue weighted by Gasteiger charge is -2.32. The van der Waals surface area contributed by atoms with Crippen LogP contribution in [-0.2, 0) is 9.59 Å². The van der Waals surface area contributed by atoms with Crippen LogP contribution in [0.3, 0.4) is 0 Å². The minimum absolute atomic E-state index is 0.0201. The minimum Gasteiger partial charge on any atom is -0.491 e. The molecule has 2 rings (SSSR count). The first-order chi connectivity index (χ1) is 11.5. The SMILES string of the molecule is O=C(O)CC[C@H]1CCCN(C(=O)CCOc2ccc(F)cc2Cl)C1. The number of halogens is 2. The number of ether oxygens (including phenoxy) is 1. The lowest BCUT2D eigenvalue weighted by atomic mass is 9.93. The first-order valence-corrected chi connectivity index (χ1v) is 8.41. The number of carbonyl (C=O) groups excluding carboxylic acids is 1. The van der Waals surface area contributed by atoms with Gasteiger partial charge in [0.05, 0.1) is 18.1 Å². The summed E-state index contributed by atoms with van der Waals surface area (Å²) in [4.78, 5) is 24.7.